The van der Waals surface area contributed by atoms with E-state index in [-0.39, 0.29) is 27.6 Å². The second kappa shape index (κ2) is 8.26. The summed E-state index contributed by atoms with van der Waals surface area (Å²) < 4.78 is 30.8. The maximum Gasteiger partial charge on any atom is 0.339 e. The van der Waals surface area contributed by atoms with Crippen molar-refractivity contribution < 1.29 is 22.2 Å². The Hall–Kier alpha value is -2.85. The molecule has 0 aromatic heterocycles. The molecule has 29 heavy (non-hydrogen) atoms. The lowest BCUT2D eigenvalue weighted by Crippen LogP contribution is -2.25. The normalized spacial score (nSPS) is 16.3. The van der Waals surface area contributed by atoms with Crippen molar-refractivity contribution in [1.29, 1.82) is 0 Å². The van der Waals surface area contributed by atoms with Crippen molar-refractivity contribution in [3.8, 4) is 5.75 Å². The van der Waals surface area contributed by atoms with Crippen LogP contribution in [0.1, 0.15) is 30.3 Å². The van der Waals surface area contributed by atoms with Crippen molar-refractivity contribution in [2.24, 2.45) is 5.10 Å². The zero-order chi connectivity index (χ0) is 21.2. The van der Waals surface area contributed by atoms with Crippen LogP contribution < -0.4 is 9.50 Å². The molecular formula is C19H19N3O5S2. The Bertz CT molecular complexity index is 1080. The molecule has 0 bridgehead atoms. The van der Waals surface area contributed by atoms with Crippen LogP contribution >= 0.6 is 11.8 Å². The number of carbonyl (C=O) groups excluding carboxylic acids is 2. The van der Waals surface area contributed by atoms with Crippen LogP contribution in [0.5, 0.6) is 5.75 Å². The van der Waals surface area contributed by atoms with Crippen molar-refractivity contribution >= 4 is 38.9 Å². The number of nitrogens with zero attached hydrogens (tertiary/aromatic N) is 2. The molecule has 0 spiro atoms. The van der Waals surface area contributed by atoms with E-state index >= 15 is 0 Å². The highest BCUT2D eigenvalue weighted by atomic mass is 32.2. The molecule has 3 rings (SSSR count). The largest absolute Gasteiger partial charge is 0.379 e. The summed E-state index contributed by atoms with van der Waals surface area (Å²) in [6.45, 7) is 4.51. The lowest BCUT2D eigenvalue weighted by atomic mass is 10.1. The number of thioether (sulfide) groups is 1. The average Bonchev–Trinajstić information content (AvgIpc) is 3.07. The molecule has 0 aliphatic carbocycles. The summed E-state index contributed by atoms with van der Waals surface area (Å²) in [6, 6.07) is 12.8. The van der Waals surface area contributed by atoms with E-state index in [1.54, 1.807) is 36.4 Å². The lowest BCUT2D eigenvalue weighted by Gasteiger charge is -2.22. The number of aryl methyl sites for hydroxylation is 1. The number of amides is 2. The van der Waals surface area contributed by atoms with Gasteiger partial charge in [0.2, 0.25) is 11.8 Å². The van der Waals surface area contributed by atoms with Gasteiger partial charge in [-0.25, -0.2) is 5.01 Å². The molecule has 0 saturated carbocycles. The molecule has 2 aromatic carbocycles. The molecule has 1 aliphatic heterocycles. The number of nitrogens with one attached hydrogen (secondary N) is 1. The molecule has 1 unspecified atom stereocenters. The van der Waals surface area contributed by atoms with Crippen molar-refractivity contribution in [3.05, 3.63) is 59.7 Å². The molecule has 2 aromatic rings. The van der Waals surface area contributed by atoms with Crippen LogP contribution in [-0.4, -0.2) is 30.4 Å². The number of hydrogen-bond donors (Lipinski definition) is 1. The third kappa shape index (κ3) is 4.77. The highest BCUT2D eigenvalue weighted by Crippen LogP contribution is 2.43. The highest BCUT2D eigenvalue weighted by molar-refractivity contribution is 8.14. The summed E-state index contributed by atoms with van der Waals surface area (Å²) >= 11 is 1.12. The van der Waals surface area contributed by atoms with Gasteiger partial charge in [0.1, 0.15) is 16.0 Å². The third-order valence-electron chi connectivity index (χ3n) is 3.91. The third-order valence-corrected chi connectivity index (χ3v) is 6.24. The minimum atomic E-state index is -4.07. The van der Waals surface area contributed by atoms with Gasteiger partial charge in [0.15, 0.2) is 5.17 Å². The van der Waals surface area contributed by atoms with Crippen LogP contribution in [0.2, 0.25) is 0 Å². The fraction of sp³-hybridized carbons (Fsp3) is 0.211. The summed E-state index contributed by atoms with van der Waals surface area (Å²) in [5.41, 5.74) is 1.30. The van der Waals surface area contributed by atoms with E-state index in [0.29, 0.717) is 5.56 Å². The number of carbonyl (C=O) groups is 2. The number of hydrazone groups is 1. The first-order valence-electron chi connectivity index (χ1n) is 8.60. The summed E-state index contributed by atoms with van der Waals surface area (Å²) in [4.78, 5) is 23.5. The maximum atomic E-state index is 12.7. The Morgan fingerprint density at radius 2 is 1.83 bits per heavy atom. The van der Waals surface area contributed by atoms with Crippen molar-refractivity contribution in [2.75, 3.05) is 0 Å². The number of rotatable bonds is 4. The zero-order valence-electron chi connectivity index (χ0n) is 15.9. The van der Waals surface area contributed by atoms with Gasteiger partial charge >= 0.3 is 10.1 Å². The molecule has 1 N–H and O–H groups in total. The molecule has 1 atom stereocenters. The summed E-state index contributed by atoms with van der Waals surface area (Å²) in [5, 5.41) is 7.44. The van der Waals surface area contributed by atoms with Crippen LogP contribution in [0.3, 0.4) is 0 Å². The monoisotopic (exact) mass is 433 g/mol. The van der Waals surface area contributed by atoms with Gasteiger partial charge < -0.3 is 9.50 Å². The molecular weight excluding hydrogens is 414 g/mol. The molecule has 152 valence electrons. The Morgan fingerprint density at radius 1 is 1.14 bits per heavy atom. The van der Waals surface area contributed by atoms with E-state index in [1.807, 2.05) is 6.92 Å². The number of benzene rings is 2. The second-order valence-corrected chi connectivity index (χ2v) is 8.93. The van der Waals surface area contributed by atoms with Crippen LogP contribution in [0, 0.1) is 6.92 Å². The predicted octanol–water partition coefficient (Wildman–Crippen LogP) is 2.76. The van der Waals surface area contributed by atoms with E-state index in [0.717, 1.165) is 17.3 Å². The quantitative estimate of drug-likeness (QED) is 0.744. The Kier molecular flexibility index (Phi) is 5.94. The van der Waals surface area contributed by atoms with Crippen LogP contribution in [0.4, 0.5) is 0 Å². The number of amidine groups is 1. The molecule has 10 heteroatoms. The van der Waals surface area contributed by atoms with Crippen molar-refractivity contribution in [3.63, 3.8) is 0 Å². The van der Waals surface area contributed by atoms with Gasteiger partial charge in [-0.05, 0) is 31.2 Å². The fourth-order valence-corrected chi connectivity index (χ4v) is 4.79. The minimum Gasteiger partial charge on any atom is -0.379 e. The van der Waals surface area contributed by atoms with Crippen molar-refractivity contribution in [2.45, 2.75) is 31.0 Å². The van der Waals surface area contributed by atoms with Crippen LogP contribution in [0.25, 0.3) is 0 Å². The van der Waals surface area contributed by atoms with Gasteiger partial charge in [-0.15, -0.1) is 5.10 Å². The predicted molar refractivity (Wildman–Crippen MR) is 110 cm³/mol. The first-order valence-corrected chi connectivity index (χ1v) is 10.9. The van der Waals surface area contributed by atoms with E-state index < -0.39 is 15.5 Å². The van der Waals surface area contributed by atoms with E-state index in [1.165, 1.54) is 31.0 Å². The first kappa shape index (κ1) is 20.9. The summed E-state index contributed by atoms with van der Waals surface area (Å²) in [6.07, 6.45) is 0. The molecule has 0 fully saturated rings. The Morgan fingerprint density at radius 3 is 2.45 bits per heavy atom. The SMILES string of the molecule is CC(=O)NC1=NN(C(C)=O)C(c2cc(C)ccc2OS(=O)(=O)c2ccccc2)S1. The zero-order valence-corrected chi connectivity index (χ0v) is 17.6. The van der Waals surface area contributed by atoms with Gasteiger partial charge in [-0.2, -0.15) is 8.42 Å². The topological polar surface area (TPSA) is 105 Å². The van der Waals surface area contributed by atoms with Gasteiger partial charge in [-0.3, -0.25) is 9.59 Å². The molecule has 8 nitrogen and oxygen atoms in total. The molecule has 1 heterocycles. The summed E-state index contributed by atoms with van der Waals surface area (Å²) in [7, 11) is -4.07. The average molecular weight is 434 g/mol. The fourth-order valence-electron chi connectivity index (χ4n) is 2.66. The minimum absolute atomic E-state index is 0.0178. The summed E-state index contributed by atoms with van der Waals surface area (Å²) in [5.74, 6) is -0.600. The van der Waals surface area contributed by atoms with E-state index in [4.69, 9.17) is 4.18 Å². The van der Waals surface area contributed by atoms with Gasteiger partial charge in [-0.1, -0.05) is 41.6 Å². The molecule has 0 radical (unpaired) electrons. The highest BCUT2D eigenvalue weighted by Gasteiger charge is 2.35. The number of hydrogen-bond acceptors (Lipinski definition) is 7. The first-order chi connectivity index (χ1) is 13.7. The second-order valence-electron chi connectivity index (χ2n) is 6.31. The standard InChI is InChI=1S/C19H19N3O5S2/c1-12-9-10-17(27-29(25,26)15-7-5-4-6-8-15)16(11-12)18-22(14(3)24)21-19(28-18)20-13(2)23/h4-11,18H,1-3H3,(H,20,21,23). The van der Waals surface area contributed by atoms with E-state index in [2.05, 4.69) is 10.4 Å². The Balaban J connectivity index is 1.99. The molecule has 2 amide bonds. The van der Waals surface area contributed by atoms with Gasteiger partial charge in [0.05, 0.1) is 0 Å². The van der Waals surface area contributed by atoms with Crippen LogP contribution in [-0.2, 0) is 19.7 Å². The van der Waals surface area contributed by atoms with Gasteiger partial charge in [0, 0.05) is 19.4 Å². The molecule has 1 aliphatic rings. The van der Waals surface area contributed by atoms with Crippen molar-refractivity contribution in [1.82, 2.24) is 10.3 Å². The maximum absolute atomic E-state index is 12.7. The van der Waals surface area contributed by atoms with Crippen LogP contribution in [0.15, 0.2) is 58.5 Å². The molecule has 0 saturated heterocycles. The van der Waals surface area contributed by atoms with Gasteiger partial charge in [0.25, 0.3) is 0 Å². The smallest absolute Gasteiger partial charge is 0.339 e. The lowest BCUT2D eigenvalue weighted by molar-refractivity contribution is -0.129. The van der Waals surface area contributed by atoms with E-state index in [9.17, 15) is 18.0 Å². The Labute approximate surface area is 173 Å².